The molecule has 3 aromatic carbocycles. The molecule has 1 heterocycles. The van der Waals surface area contributed by atoms with Crippen LogP contribution < -0.4 is 15.4 Å². The van der Waals surface area contributed by atoms with Crippen LogP contribution in [0.3, 0.4) is 0 Å². The lowest BCUT2D eigenvalue weighted by atomic mass is 10.2. The van der Waals surface area contributed by atoms with Crippen molar-refractivity contribution >= 4 is 23.2 Å². The number of ether oxygens (including phenoxy) is 2. The molecule has 158 valence electrons. The van der Waals surface area contributed by atoms with Gasteiger partial charge in [0.05, 0.1) is 6.10 Å². The van der Waals surface area contributed by atoms with Crippen LogP contribution in [0.15, 0.2) is 78.9 Å². The molecule has 1 aliphatic rings. The zero-order chi connectivity index (χ0) is 21.5. The Hall–Kier alpha value is -3.64. The number of hydrogen-bond donors (Lipinski definition) is 2. The summed E-state index contributed by atoms with van der Waals surface area (Å²) >= 11 is 0. The molecule has 1 saturated heterocycles. The summed E-state index contributed by atoms with van der Waals surface area (Å²) in [6, 6.07) is 23.0. The molecule has 1 atom stereocenters. The summed E-state index contributed by atoms with van der Waals surface area (Å²) in [7, 11) is 0. The highest BCUT2D eigenvalue weighted by atomic mass is 16.5. The minimum absolute atomic E-state index is 0.156. The van der Waals surface area contributed by atoms with Gasteiger partial charge in [-0.05, 0) is 73.5 Å². The molecule has 0 bridgehead atoms. The largest absolute Gasteiger partial charge is 0.491 e. The first-order valence-electron chi connectivity index (χ1n) is 10.3. The van der Waals surface area contributed by atoms with Crippen LogP contribution in [0.5, 0.6) is 5.75 Å². The molecule has 1 aliphatic heterocycles. The van der Waals surface area contributed by atoms with Gasteiger partial charge in [0.1, 0.15) is 12.4 Å². The zero-order valence-corrected chi connectivity index (χ0v) is 17.0. The van der Waals surface area contributed by atoms with E-state index in [1.807, 2.05) is 18.2 Å². The summed E-state index contributed by atoms with van der Waals surface area (Å²) in [5, 5.41) is 5.69. The van der Waals surface area contributed by atoms with E-state index in [0.29, 0.717) is 34.9 Å². The molecule has 4 rings (SSSR count). The van der Waals surface area contributed by atoms with Gasteiger partial charge in [0, 0.05) is 29.1 Å². The van der Waals surface area contributed by atoms with Gasteiger partial charge in [-0.2, -0.15) is 0 Å². The van der Waals surface area contributed by atoms with Crippen molar-refractivity contribution in [2.75, 3.05) is 23.8 Å². The van der Waals surface area contributed by atoms with E-state index >= 15 is 0 Å². The standard InChI is InChI=1S/C25H24N2O4/c28-24(18-5-2-1-3-6-18)26-20-10-12-21(13-11-20)27-25(29)19-8-14-22(15-9-19)31-17-23-7-4-16-30-23/h1-3,5-6,8-15,23H,4,7,16-17H2,(H,26,28)(H,27,29). The Balaban J connectivity index is 1.29. The summed E-state index contributed by atoms with van der Waals surface area (Å²) in [5.74, 6) is 0.316. The third-order valence-corrected chi connectivity index (χ3v) is 5.01. The van der Waals surface area contributed by atoms with Crippen LogP contribution in [0.4, 0.5) is 11.4 Å². The highest BCUT2D eigenvalue weighted by molar-refractivity contribution is 6.05. The topological polar surface area (TPSA) is 76.7 Å². The fraction of sp³-hybridized carbons (Fsp3) is 0.200. The Morgan fingerprint density at radius 2 is 1.39 bits per heavy atom. The summed E-state index contributed by atoms with van der Waals surface area (Å²) in [6.07, 6.45) is 2.26. The van der Waals surface area contributed by atoms with Crippen LogP contribution in [-0.2, 0) is 4.74 Å². The third kappa shape index (κ3) is 5.71. The quantitative estimate of drug-likeness (QED) is 0.583. The van der Waals surface area contributed by atoms with Crippen LogP contribution in [0.25, 0.3) is 0 Å². The first-order valence-corrected chi connectivity index (χ1v) is 10.3. The van der Waals surface area contributed by atoms with E-state index in [1.54, 1.807) is 60.7 Å². The highest BCUT2D eigenvalue weighted by Crippen LogP contribution is 2.19. The fourth-order valence-corrected chi connectivity index (χ4v) is 3.30. The summed E-state index contributed by atoms with van der Waals surface area (Å²) in [6.45, 7) is 1.33. The molecule has 3 aromatic rings. The summed E-state index contributed by atoms with van der Waals surface area (Å²) in [4.78, 5) is 24.7. The van der Waals surface area contributed by atoms with Crippen LogP contribution in [0, 0.1) is 0 Å². The molecule has 0 aromatic heterocycles. The minimum Gasteiger partial charge on any atom is -0.491 e. The number of amides is 2. The van der Waals surface area contributed by atoms with Crippen LogP contribution in [-0.4, -0.2) is 31.1 Å². The molecule has 2 N–H and O–H groups in total. The van der Waals surface area contributed by atoms with E-state index in [2.05, 4.69) is 10.6 Å². The van der Waals surface area contributed by atoms with Crippen molar-refractivity contribution in [1.82, 2.24) is 0 Å². The van der Waals surface area contributed by atoms with Crippen molar-refractivity contribution in [1.29, 1.82) is 0 Å². The lowest BCUT2D eigenvalue weighted by Gasteiger charge is -2.12. The minimum atomic E-state index is -0.216. The second kappa shape index (κ2) is 9.91. The second-order valence-corrected chi connectivity index (χ2v) is 7.32. The van der Waals surface area contributed by atoms with Crippen molar-refractivity contribution in [3.05, 3.63) is 90.0 Å². The van der Waals surface area contributed by atoms with Crippen molar-refractivity contribution in [3.8, 4) is 5.75 Å². The van der Waals surface area contributed by atoms with E-state index in [9.17, 15) is 9.59 Å². The normalized spacial score (nSPS) is 15.3. The number of carbonyl (C=O) groups is 2. The van der Waals surface area contributed by atoms with Crippen LogP contribution >= 0.6 is 0 Å². The Kier molecular flexibility index (Phi) is 6.59. The van der Waals surface area contributed by atoms with E-state index < -0.39 is 0 Å². The van der Waals surface area contributed by atoms with Gasteiger partial charge in [-0.25, -0.2) is 0 Å². The smallest absolute Gasteiger partial charge is 0.255 e. The SMILES string of the molecule is O=C(Nc1ccc(NC(=O)c2ccc(OCC3CCCO3)cc2)cc1)c1ccccc1. The molecule has 1 fully saturated rings. The van der Waals surface area contributed by atoms with Crippen molar-refractivity contribution in [2.24, 2.45) is 0 Å². The highest BCUT2D eigenvalue weighted by Gasteiger charge is 2.16. The third-order valence-electron chi connectivity index (χ3n) is 5.01. The number of hydrogen-bond acceptors (Lipinski definition) is 4. The molecular formula is C25H24N2O4. The average molecular weight is 416 g/mol. The Bertz CT molecular complexity index is 1010. The predicted octanol–water partition coefficient (Wildman–Crippen LogP) is 4.75. The molecule has 6 heteroatoms. The van der Waals surface area contributed by atoms with Gasteiger partial charge in [-0.3, -0.25) is 9.59 Å². The number of carbonyl (C=O) groups excluding carboxylic acids is 2. The first-order chi connectivity index (χ1) is 15.2. The monoisotopic (exact) mass is 416 g/mol. The van der Waals surface area contributed by atoms with Crippen molar-refractivity contribution in [3.63, 3.8) is 0 Å². The van der Waals surface area contributed by atoms with Gasteiger partial charge < -0.3 is 20.1 Å². The van der Waals surface area contributed by atoms with Gasteiger partial charge in [-0.1, -0.05) is 18.2 Å². The number of rotatable bonds is 7. The lowest BCUT2D eigenvalue weighted by Crippen LogP contribution is -2.16. The van der Waals surface area contributed by atoms with E-state index in [1.165, 1.54) is 0 Å². The summed E-state index contributed by atoms with van der Waals surface area (Å²) in [5.41, 5.74) is 2.41. The van der Waals surface area contributed by atoms with Crippen LogP contribution in [0.1, 0.15) is 33.6 Å². The van der Waals surface area contributed by atoms with Gasteiger partial charge >= 0.3 is 0 Å². The van der Waals surface area contributed by atoms with Gasteiger partial charge in [0.2, 0.25) is 0 Å². The number of benzene rings is 3. The molecule has 0 saturated carbocycles. The first kappa shape index (κ1) is 20.6. The number of anilines is 2. The average Bonchev–Trinajstić information content (AvgIpc) is 3.33. The molecule has 31 heavy (non-hydrogen) atoms. The zero-order valence-electron chi connectivity index (χ0n) is 17.0. The molecule has 1 unspecified atom stereocenters. The summed E-state index contributed by atoms with van der Waals surface area (Å²) < 4.78 is 11.3. The predicted molar refractivity (Wildman–Crippen MR) is 120 cm³/mol. The van der Waals surface area contributed by atoms with E-state index in [-0.39, 0.29) is 17.9 Å². The maximum Gasteiger partial charge on any atom is 0.255 e. The molecule has 0 spiro atoms. The Morgan fingerprint density at radius 1 is 0.806 bits per heavy atom. The molecule has 2 amide bonds. The van der Waals surface area contributed by atoms with Crippen molar-refractivity contribution < 1.29 is 19.1 Å². The second-order valence-electron chi connectivity index (χ2n) is 7.32. The fourth-order valence-electron chi connectivity index (χ4n) is 3.30. The van der Waals surface area contributed by atoms with Crippen LogP contribution in [0.2, 0.25) is 0 Å². The Labute approximate surface area is 181 Å². The molecular weight excluding hydrogens is 392 g/mol. The maximum absolute atomic E-state index is 12.5. The van der Waals surface area contributed by atoms with E-state index in [0.717, 1.165) is 19.4 Å². The maximum atomic E-state index is 12.5. The molecule has 0 radical (unpaired) electrons. The van der Waals surface area contributed by atoms with E-state index in [4.69, 9.17) is 9.47 Å². The molecule has 0 aliphatic carbocycles. The lowest BCUT2D eigenvalue weighted by molar-refractivity contribution is 0.0679. The number of nitrogens with one attached hydrogen (secondary N) is 2. The van der Waals surface area contributed by atoms with Gasteiger partial charge in [0.25, 0.3) is 11.8 Å². The van der Waals surface area contributed by atoms with Gasteiger partial charge in [-0.15, -0.1) is 0 Å². The van der Waals surface area contributed by atoms with Gasteiger partial charge in [0.15, 0.2) is 0 Å². The molecule has 6 nitrogen and oxygen atoms in total. The Morgan fingerprint density at radius 3 is 1.94 bits per heavy atom. The van der Waals surface area contributed by atoms with Crippen molar-refractivity contribution in [2.45, 2.75) is 18.9 Å².